The maximum Gasteiger partial charge on any atom is 0.0406 e. The van der Waals surface area contributed by atoms with Crippen LogP contribution in [0.3, 0.4) is 0 Å². The van der Waals surface area contributed by atoms with Crippen LogP contribution < -0.4 is 5.32 Å². The third-order valence-electron chi connectivity index (χ3n) is 1.79. The fourth-order valence-corrected chi connectivity index (χ4v) is 1.21. The van der Waals surface area contributed by atoms with Crippen LogP contribution in [0.15, 0.2) is 36.9 Å². The van der Waals surface area contributed by atoms with Crippen molar-refractivity contribution in [3.05, 3.63) is 47.5 Å². The van der Waals surface area contributed by atoms with Crippen molar-refractivity contribution in [1.29, 1.82) is 0 Å². The second kappa shape index (κ2) is 5.79. The molecule has 2 heteroatoms. The molecule has 0 aliphatic carbocycles. The molecular formula is C11H14ClN. The van der Waals surface area contributed by atoms with Gasteiger partial charge in [0.2, 0.25) is 0 Å². The van der Waals surface area contributed by atoms with Crippen LogP contribution in [0.5, 0.6) is 0 Å². The molecule has 0 spiro atoms. The van der Waals surface area contributed by atoms with Gasteiger partial charge >= 0.3 is 0 Å². The number of rotatable bonds is 5. The minimum atomic E-state index is 0.794. The molecule has 1 aromatic rings. The summed E-state index contributed by atoms with van der Waals surface area (Å²) < 4.78 is 0. The average Bonchev–Trinajstić information content (AvgIpc) is 2.15. The van der Waals surface area contributed by atoms with Crippen molar-refractivity contribution in [2.45, 2.75) is 6.42 Å². The first-order valence-electron chi connectivity index (χ1n) is 4.39. The normalized spacial score (nSPS) is 9.92. The summed E-state index contributed by atoms with van der Waals surface area (Å²) in [4.78, 5) is 0. The van der Waals surface area contributed by atoms with Gasteiger partial charge in [0.05, 0.1) is 0 Å². The molecule has 1 aromatic carbocycles. The predicted octanol–water partition coefficient (Wildman–Crippen LogP) is 2.66. The Morgan fingerprint density at radius 3 is 2.62 bits per heavy atom. The van der Waals surface area contributed by atoms with E-state index in [1.807, 2.05) is 18.2 Å². The summed E-state index contributed by atoms with van der Waals surface area (Å²) in [5.41, 5.74) is 1.31. The molecule has 0 amide bonds. The lowest BCUT2D eigenvalue weighted by Gasteiger charge is -2.01. The van der Waals surface area contributed by atoms with Gasteiger partial charge in [0.25, 0.3) is 0 Å². The van der Waals surface area contributed by atoms with Crippen LogP contribution in [-0.2, 0) is 6.42 Å². The molecule has 0 aliphatic heterocycles. The van der Waals surface area contributed by atoms with E-state index in [-0.39, 0.29) is 0 Å². The van der Waals surface area contributed by atoms with Gasteiger partial charge in [0.1, 0.15) is 0 Å². The lowest BCUT2D eigenvalue weighted by atomic mass is 10.1. The van der Waals surface area contributed by atoms with E-state index in [1.54, 1.807) is 0 Å². The van der Waals surface area contributed by atoms with Crippen molar-refractivity contribution in [1.82, 2.24) is 5.32 Å². The first-order chi connectivity index (χ1) is 6.33. The predicted molar refractivity (Wildman–Crippen MR) is 58.2 cm³/mol. The molecular weight excluding hydrogens is 182 g/mol. The van der Waals surface area contributed by atoms with Gasteiger partial charge in [-0.05, 0) is 30.7 Å². The van der Waals surface area contributed by atoms with Gasteiger partial charge < -0.3 is 5.32 Å². The molecule has 1 rings (SSSR count). The third-order valence-corrected chi connectivity index (χ3v) is 2.04. The van der Waals surface area contributed by atoms with Crippen molar-refractivity contribution in [3.63, 3.8) is 0 Å². The molecule has 0 heterocycles. The quantitative estimate of drug-likeness (QED) is 0.563. The van der Waals surface area contributed by atoms with E-state index < -0.39 is 0 Å². The second-order valence-corrected chi connectivity index (χ2v) is 3.31. The Balaban J connectivity index is 2.28. The number of benzene rings is 1. The average molecular weight is 196 g/mol. The Kier molecular flexibility index (Phi) is 4.58. The van der Waals surface area contributed by atoms with E-state index in [4.69, 9.17) is 11.6 Å². The van der Waals surface area contributed by atoms with E-state index in [0.29, 0.717) is 0 Å². The number of hydrogen-bond acceptors (Lipinski definition) is 1. The summed E-state index contributed by atoms with van der Waals surface area (Å²) in [7, 11) is 0. The van der Waals surface area contributed by atoms with E-state index in [1.165, 1.54) is 5.56 Å². The SMILES string of the molecule is C=CCNCCc1ccc(Cl)cc1. The Morgan fingerprint density at radius 1 is 1.31 bits per heavy atom. The molecule has 1 nitrogen and oxygen atoms in total. The molecule has 70 valence electrons. The Morgan fingerprint density at radius 2 is 2.00 bits per heavy atom. The van der Waals surface area contributed by atoms with Crippen LogP contribution >= 0.6 is 11.6 Å². The van der Waals surface area contributed by atoms with E-state index in [2.05, 4.69) is 24.0 Å². The molecule has 0 bridgehead atoms. The van der Waals surface area contributed by atoms with Gasteiger partial charge in [-0.2, -0.15) is 0 Å². The third kappa shape index (κ3) is 4.11. The van der Waals surface area contributed by atoms with Crippen LogP contribution in [0.4, 0.5) is 0 Å². The van der Waals surface area contributed by atoms with Crippen molar-refractivity contribution < 1.29 is 0 Å². The largest absolute Gasteiger partial charge is 0.313 e. The van der Waals surface area contributed by atoms with Crippen LogP contribution in [0.1, 0.15) is 5.56 Å². The first kappa shape index (κ1) is 10.3. The molecule has 1 N–H and O–H groups in total. The molecule has 13 heavy (non-hydrogen) atoms. The highest BCUT2D eigenvalue weighted by Crippen LogP contribution is 2.09. The second-order valence-electron chi connectivity index (χ2n) is 2.87. The fraction of sp³-hybridized carbons (Fsp3) is 0.273. The van der Waals surface area contributed by atoms with Crippen molar-refractivity contribution in [2.75, 3.05) is 13.1 Å². The van der Waals surface area contributed by atoms with Crippen molar-refractivity contribution in [3.8, 4) is 0 Å². The molecule has 0 saturated carbocycles. The summed E-state index contributed by atoms with van der Waals surface area (Å²) in [6, 6.07) is 7.95. The van der Waals surface area contributed by atoms with Gasteiger partial charge in [0.15, 0.2) is 0 Å². The van der Waals surface area contributed by atoms with Gasteiger partial charge in [-0.15, -0.1) is 6.58 Å². The highest BCUT2D eigenvalue weighted by Gasteiger charge is 1.91. The zero-order valence-electron chi connectivity index (χ0n) is 7.59. The highest BCUT2D eigenvalue weighted by molar-refractivity contribution is 6.30. The van der Waals surface area contributed by atoms with E-state index in [0.717, 1.165) is 24.5 Å². The van der Waals surface area contributed by atoms with Gasteiger partial charge in [-0.1, -0.05) is 29.8 Å². The zero-order valence-corrected chi connectivity index (χ0v) is 8.35. The number of hydrogen-bond donors (Lipinski definition) is 1. The molecule has 0 atom stereocenters. The number of halogens is 1. The summed E-state index contributed by atoms with van der Waals surface area (Å²) in [6.45, 7) is 5.49. The molecule has 0 unspecified atom stereocenters. The molecule has 0 radical (unpaired) electrons. The van der Waals surface area contributed by atoms with E-state index in [9.17, 15) is 0 Å². The monoisotopic (exact) mass is 195 g/mol. The summed E-state index contributed by atoms with van der Waals surface area (Å²) in [6.07, 6.45) is 2.90. The van der Waals surface area contributed by atoms with Crippen molar-refractivity contribution >= 4 is 11.6 Å². The van der Waals surface area contributed by atoms with Crippen molar-refractivity contribution in [2.24, 2.45) is 0 Å². The minimum Gasteiger partial charge on any atom is -0.313 e. The topological polar surface area (TPSA) is 12.0 Å². The van der Waals surface area contributed by atoms with Gasteiger partial charge in [0, 0.05) is 11.6 Å². The van der Waals surface area contributed by atoms with Crippen LogP contribution in [-0.4, -0.2) is 13.1 Å². The molecule has 0 fully saturated rings. The summed E-state index contributed by atoms with van der Waals surface area (Å²) in [5, 5.41) is 4.04. The highest BCUT2D eigenvalue weighted by atomic mass is 35.5. The Labute approximate surface area is 84.4 Å². The smallest absolute Gasteiger partial charge is 0.0406 e. The summed E-state index contributed by atoms with van der Waals surface area (Å²) in [5.74, 6) is 0. The molecule has 0 aliphatic rings. The lowest BCUT2D eigenvalue weighted by Crippen LogP contribution is -2.16. The van der Waals surface area contributed by atoms with Crippen LogP contribution in [0.2, 0.25) is 5.02 Å². The van der Waals surface area contributed by atoms with E-state index >= 15 is 0 Å². The first-order valence-corrected chi connectivity index (χ1v) is 4.77. The molecule has 0 aromatic heterocycles. The van der Waals surface area contributed by atoms with Gasteiger partial charge in [-0.25, -0.2) is 0 Å². The Bertz CT molecular complexity index is 253. The van der Waals surface area contributed by atoms with Crippen LogP contribution in [0, 0.1) is 0 Å². The van der Waals surface area contributed by atoms with Crippen LogP contribution in [0.25, 0.3) is 0 Å². The Hall–Kier alpha value is -0.790. The fourth-order valence-electron chi connectivity index (χ4n) is 1.09. The summed E-state index contributed by atoms with van der Waals surface area (Å²) >= 11 is 5.77. The lowest BCUT2D eigenvalue weighted by molar-refractivity contribution is 0.745. The van der Waals surface area contributed by atoms with Gasteiger partial charge in [-0.3, -0.25) is 0 Å². The standard InChI is InChI=1S/C11H14ClN/c1-2-8-13-9-7-10-3-5-11(12)6-4-10/h2-6,13H,1,7-9H2. The minimum absolute atomic E-state index is 0.794. The molecule has 0 saturated heterocycles. The number of nitrogens with one attached hydrogen (secondary N) is 1. The zero-order chi connectivity index (χ0) is 9.52. The maximum absolute atomic E-state index is 5.77. The maximum atomic E-state index is 5.77.